The third kappa shape index (κ3) is 1.97. The van der Waals surface area contributed by atoms with Gasteiger partial charge < -0.3 is 14.6 Å². The monoisotopic (exact) mass is 174 g/mol. The number of rotatable bonds is 2. The summed E-state index contributed by atoms with van der Waals surface area (Å²) in [6.45, 7) is 4.10. The molecule has 1 aliphatic rings. The number of methoxy groups -OCH3 is 1. The van der Waals surface area contributed by atoms with Crippen molar-refractivity contribution in [3.63, 3.8) is 0 Å². The van der Waals surface area contributed by atoms with Gasteiger partial charge in [0, 0.05) is 7.11 Å². The van der Waals surface area contributed by atoms with Crippen molar-refractivity contribution in [2.45, 2.75) is 45.2 Å². The lowest BCUT2D eigenvalue weighted by atomic mass is 9.90. The minimum absolute atomic E-state index is 0.197. The molecule has 0 aromatic rings. The third-order valence-corrected chi connectivity index (χ3v) is 2.52. The molecule has 0 bridgehead atoms. The predicted molar refractivity (Wildman–Crippen MR) is 45.7 cm³/mol. The first kappa shape index (κ1) is 9.96. The number of ether oxygens (including phenoxy) is 2. The highest BCUT2D eigenvalue weighted by molar-refractivity contribution is 4.78. The van der Waals surface area contributed by atoms with Gasteiger partial charge >= 0.3 is 0 Å². The average molecular weight is 174 g/mol. The van der Waals surface area contributed by atoms with E-state index in [4.69, 9.17) is 9.47 Å². The summed E-state index contributed by atoms with van der Waals surface area (Å²) in [7, 11) is 1.57. The van der Waals surface area contributed by atoms with E-state index in [0.717, 1.165) is 12.8 Å². The minimum Gasteiger partial charge on any atom is -0.388 e. The fraction of sp³-hybridized carbons (Fsp3) is 1.00. The van der Waals surface area contributed by atoms with Crippen molar-refractivity contribution in [1.82, 2.24) is 0 Å². The molecule has 0 spiro atoms. The normalized spacial score (nSPS) is 43.0. The first-order valence-corrected chi connectivity index (χ1v) is 4.55. The molecule has 3 heteroatoms. The molecule has 1 N–H and O–H groups in total. The summed E-state index contributed by atoms with van der Waals surface area (Å²) in [6.07, 6.45) is 1.21. The Morgan fingerprint density at radius 2 is 2.25 bits per heavy atom. The first-order chi connectivity index (χ1) is 5.69. The largest absolute Gasteiger partial charge is 0.388 e. The number of aliphatic hydroxyl groups is 1. The Morgan fingerprint density at radius 1 is 1.58 bits per heavy atom. The van der Waals surface area contributed by atoms with E-state index in [1.807, 2.05) is 6.92 Å². The fourth-order valence-electron chi connectivity index (χ4n) is 1.76. The summed E-state index contributed by atoms with van der Waals surface area (Å²) in [6, 6.07) is 0. The van der Waals surface area contributed by atoms with E-state index in [2.05, 4.69) is 6.92 Å². The maximum absolute atomic E-state index is 9.70. The van der Waals surface area contributed by atoms with Crippen molar-refractivity contribution < 1.29 is 14.6 Å². The molecule has 0 aromatic heterocycles. The maximum atomic E-state index is 9.70. The molecule has 1 saturated heterocycles. The molecule has 0 amide bonds. The summed E-state index contributed by atoms with van der Waals surface area (Å²) in [5.41, 5.74) is 0. The van der Waals surface area contributed by atoms with Crippen LogP contribution in [0.3, 0.4) is 0 Å². The molecule has 3 nitrogen and oxygen atoms in total. The van der Waals surface area contributed by atoms with Crippen molar-refractivity contribution in [2.75, 3.05) is 7.11 Å². The minimum atomic E-state index is -0.462. The SMILES string of the molecule is CCC1CC(C)OC(OC)C1O. The van der Waals surface area contributed by atoms with E-state index >= 15 is 0 Å². The highest BCUT2D eigenvalue weighted by Gasteiger charge is 2.34. The molecule has 0 saturated carbocycles. The smallest absolute Gasteiger partial charge is 0.183 e. The quantitative estimate of drug-likeness (QED) is 0.682. The van der Waals surface area contributed by atoms with Crippen molar-refractivity contribution in [3.05, 3.63) is 0 Å². The average Bonchev–Trinajstić information content (AvgIpc) is 2.08. The van der Waals surface area contributed by atoms with Gasteiger partial charge in [-0.25, -0.2) is 0 Å². The number of hydrogen-bond donors (Lipinski definition) is 1. The van der Waals surface area contributed by atoms with Crippen LogP contribution in [0.4, 0.5) is 0 Å². The Kier molecular flexibility index (Phi) is 3.50. The molecular weight excluding hydrogens is 156 g/mol. The Bertz CT molecular complexity index is 124. The topological polar surface area (TPSA) is 38.7 Å². The molecule has 4 atom stereocenters. The number of aliphatic hydroxyl groups excluding tert-OH is 1. The van der Waals surface area contributed by atoms with Crippen LogP contribution < -0.4 is 0 Å². The summed E-state index contributed by atoms with van der Waals surface area (Å²) in [5.74, 6) is 0.318. The van der Waals surface area contributed by atoms with E-state index < -0.39 is 12.4 Å². The van der Waals surface area contributed by atoms with Crippen LogP contribution in [0.2, 0.25) is 0 Å². The van der Waals surface area contributed by atoms with E-state index in [-0.39, 0.29) is 6.10 Å². The van der Waals surface area contributed by atoms with Gasteiger partial charge in [0.1, 0.15) is 6.10 Å². The van der Waals surface area contributed by atoms with Gasteiger partial charge in [0.15, 0.2) is 6.29 Å². The summed E-state index contributed by atoms with van der Waals surface area (Å²) in [5, 5.41) is 9.70. The van der Waals surface area contributed by atoms with Crippen LogP contribution >= 0.6 is 0 Å². The molecule has 72 valence electrons. The zero-order valence-corrected chi connectivity index (χ0v) is 7.99. The third-order valence-electron chi connectivity index (χ3n) is 2.52. The Balaban J connectivity index is 2.55. The van der Waals surface area contributed by atoms with Gasteiger partial charge in [-0.15, -0.1) is 0 Å². The van der Waals surface area contributed by atoms with Crippen molar-refractivity contribution >= 4 is 0 Å². The zero-order chi connectivity index (χ0) is 9.14. The van der Waals surface area contributed by atoms with Crippen LogP contribution in [0.1, 0.15) is 26.7 Å². The molecule has 0 aliphatic carbocycles. The van der Waals surface area contributed by atoms with Crippen molar-refractivity contribution in [1.29, 1.82) is 0 Å². The molecule has 12 heavy (non-hydrogen) atoms. The lowest BCUT2D eigenvalue weighted by molar-refractivity contribution is -0.242. The fourth-order valence-corrected chi connectivity index (χ4v) is 1.76. The summed E-state index contributed by atoms with van der Waals surface area (Å²) >= 11 is 0. The first-order valence-electron chi connectivity index (χ1n) is 4.55. The van der Waals surface area contributed by atoms with Crippen LogP contribution in [0.5, 0.6) is 0 Å². The van der Waals surface area contributed by atoms with E-state index in [9.17, 15) is 5.11 Å². The standard InChI is InChI=1S/C9H18O3/c1-4-7-5-6(2)12-9(11-3)8(7)10/h6-10H,4-5H2,1-3H3. The highest BCUT2D eigenvalue weighted by Crippen LogP contribution is 2.27. The predicted octanol–water partition coefficient (Wildman–Crippen LogP) is 1.15. The molecule has 0 aromatic carbocycles. The van der Waals surface area contributed by atoms with E-state index in [1.54, 1.807) is 7.11 Å². The van der Waals surface area contributed by atoms with Crippen molar-refractivity contribution in [2.24, 2.45) is 5.92 Å². The van der Waals surface area contributed by atoms with Gasteiger partial charge in [-0.05, 0) is 19.3 Å². The van der Waals surface area contributed by atoms with Gasteiger partial charge in [-0.2, -0.15) is 0 Å². The summed E-state index contributed by atoms with van der Waals surface area (Å²) in [4.78, 5) is 0. The number of hydrogen-bond acceptors (Lipinski definition) is 3. The van der Waals surface area contributed by atoms with Gasteiger partial charge in [-0.1, -0.05) is 13.3 Å². The second kappa shape index (κ2) is 4.21. The van der Waals surface area contributed by atoms with Crippen LogP contribution in [0.15, 0.2) is 0 Å². The van der Waals surface area contributed by atoms with Crippen LogP contribution in [0, 0.1) is 5.92 Å². The van der Waals surface area contributed by atoms with Crippen LogP contribution in [0.25, 0.3) is 0 Å². The van der Waals surface area contributed by atoms with Crippen LogP contribution in [-0.2, 0) is 9.47 Å². The lowest BCUT2D eigenvalue weighted by Gasteiger charge is -2.36. The van der Waals surface area contributed by atoms with Gasteiger partial charge in [0.05, 0.1) is 6.10 Å². The highest BCUT2D eigenvalue weighted by atomic mass is 16.7. The van der Waals surface area contributed by atoms with Crippen molar-refractivity contribution in [3.8, 4) is 0 Å². The van der Waals surface area contributed by atoms with Crippen LogP contribution in [-0.4, -0.2) is 30.7 Å². The molecule has 1 heterocycles. The maximum Gasteiger partial charge on any atom is 0.183 e. The van der Waals surface area contributed by atoms with Gasteiger partial charge in [0.2, 0.25) is 0 Å². The lowest BCUT2D eigenvalue weighted by Crippen LogP contribution is -2.44. The molecule has 1 aliphatic heterocycles. The van der Waals surface area contributed by atoms with Gasteiger partial charge in [-0.3, -0.25) is 0 Å². The molecule has 4 unspecified atom stereocenters. The van der Waals surface area contributed by atoms with Gasteiger partial charge in [0.25, 0.3) is 0 Å². The second-order valence-electron chi connectivity index (χ2n) is 3.45. The Labute approximate surface area is 73.7 Å². The molecule has 0 radical (unpaired) electrons. The zero-order valence-electron chi connectivity index (χ0n) is 7.99. The Morgan fingerprint density at radius 3 is 2.75 bits per heavy atom. The Hall–Kier alpha value is -0.120. The molecule has 1 fully saturated rings. The summed E-state index contributed by atoms with van der Waals surface area (Å²) < 4.78 is 10.4. The molecule has 1 rings (SSSR count). The van der Waals surface area contributed by atoms with E-state index in [1.165, 1.54) is 0 Å². The molecular formula is C9H18O3. The van der Waals surface area contributed by atoms with E-state index in [0.29, 0.717) is 5.92 Å². The second-order valence-corrected chi connectivity index (χ2v) is 3.45.